The lowest BCUT2D eigenvalue weighted by Gasteiger charge is -2.23. The Bertz CT molecular complexity index is 231. The molecule has 1 aliphatic rings. The highest BCUT2D eigenvalue weighted by Gasteiger charge is 2.42. The van der Waals surface area contributed by atoms with E-state index in [2.05, 4.69) is 4.74 Å². The van der Waals surface area contributed by atoms with E-state index in [9.17, 15) is 18.0 Å². The Hall–Kier alpha value is -0.780. The minimum Gasteiger partial charge on any atom is -0.481 e. The van der Waals surface area contributed by atoms with Crippen molar-refractivity contribution in [3.05, 3.63) is 0 Å². The first kappa shape index (κ1) is 12.3. The molecule has 0 heterocycles. The van der Waals surface area contributed by atoms with E-state index in [1.807, 2.05) is 0 Å². The standard InChI is InChI=1S/C9H13F3O3/c10-9(11,12)15-6-5-8(7(13)14)3-1-2-4-8/h1-6H2,(H,13,14). The number of aliphatic carboxylic acids is 1. The van der Waals surface area contributed by atoms with Crippen molar-refractivity contribution in [3.8, 4) is 0 Å². The smallest absolute Gasteiger partial charge is 0.481 e. The normalized spacial score (nSPS) is 20.5. The maximum absolute atomic E-state index is 11.7. The van der Waals surface area contributed by atoms with Gasteiger partial charge in [0, 0.05) is 0 Å². The van der Waals surface area contributed by atoms with Gasteiger partial charge in [-0.25, -0.2) is 0 Å². The Kier molecular flexibility index (Phi) is 3.59. The van der Waals surface area contributed by atoms with Crippen LogP contribution in [0.1, 0.15) is 32.1 Å². The minimum atomic E-state index is -4.67. The van der Waals surface area contributed by atoms with E-state index in [0.29, 0.717) is 12.8 Å². The van der Waals surface area contributed by atoms with E-state index >= 15 is 0 Å². The number of alkyl halides is 3. The maximum Gasteiger partial charge on any atom is 0.522 e. The second kappa shape index (κ2) is 4.38. The van der Waals surface area contributed by atoms with Gasteiger partial charge in [-0.1, -0.05) is 12.8 Å². The molecule has 0 atom stereocenters. The van der Waals surface area contributed by atoms with Crippen LogP contribution in [0.2, 0.25) is 0 Å². The van der Waals surface area contributed by atoms with Crippen LogP contribution in [0.4, 0.5) is 13.2 Å². The van der Waals surface area contributed by atoms with Crippen LogP contribution >= 0.6 is 0 Å². The number of hydrogen-bond donors (Lipinski definition) is 1. The molecule has 15 heavy (non-hydrogen) atoms. The molecule has 0 unspecified atom stereocenters. The Morgan fingerprint density at radius 3 is 2.27 bits per heavy atom. The van der Waals surface area contributed by atoms with Gasteiger partial charge in [0.15, 0.2) is 0 Å². The molecule has 0 saturated heterocycles. The Morgan fingerprint density at radius 2 is 1.87 bits per heavy atom. The number of halogens is 3. The summed E-state index contributed by atoms with van der Waals surface area (Å²) in [6.07, 6.45) is -2.32. The average Bonchev–Trinajstić information content (AvgIpc) is 2.51. The van der Waals surface area contributed by atoms with Crippen molar-refractivity contribution in [1.29, 1.82) is 0 Å². The quantitative estimate of drug-likeness (QED) is 0.801. The van der Waals surface area contributed by atoms with Gasteiger partial charge in [0.25, 0.3) is 0 Å². The number of ether oxygens (including phenoxy) is 1. The lowest BCUT2D eigenvalue weighted by molar-refractivity contribution is -0.326. The zero-order valence-electron chi connectivity index (χ0n) is 8.14. The van der Waals surface area contributed by atoms with Gasteiger partial charge in [-0.3, -0.25) is 9.53 Å². The molecule has 0 aromatic carbocycles. The zero-order valence-corrected chi connectivity index (χ0v) is 8.14. The molecule has 1 fully saturated rings. The van der Waals surface area contributed by atoms with Crippen LogP contribution in [0.5, 0.6) is 0 Å². The molecule has 6 heteroatoms. The first-order chi connectivity index (χ1) is 6.86. The van der Waals surface area contributed by atoms with Crippen LogP contribution in [0.15, 0.2) is 0 Å². The fourth-order valence-electron chi connectivity index (χ4n) is 1.98. The first-order valence-electron chi connectivity index (χ1n) is 4.80. The van der Waals surface area contributed by atoms with Crippen molar-refractivity contribution in [1.82, 2.24) is 0 Å². The largest absolute Gasteiger partial charge is 0.522 e. The second-order valence-corrected chi connectivity index (χ2v) is 3.84. The highest BCUT2D eigenvalue weighted by molar-refractivity contribution is 5.74. The van der Waals surface area contributed by atoms with Crippen LogP contribution in [0, 0.1) is 5.41 Å². The predicted molar refractivity (Wildman–Crippen MR) is 45.2 cm³/mol. The third-order valence-corrected chi connectivity index (χ3v) is 2.86. The van der Waals surface area contributed by atoms with Crippen molar-refractivity contribution in [3.63, 3.8) is 0 Å². The fraction of sp³-hybridized carbons (Fsp3) is 0.889. The van der Waals surface area contributed by atoms with Crippen LogP contribution in [-0.2, 0) is 9.53 Å². The van der Waals surface area contributed by atoms with E-state index in [1.165, 1.54) is 0 Å². The SMILES string of the molecule is O=C(O)C1(CCOC(F)(F)F)CCCC1. The van der Waals surface area contributed by atoms with Crippen molar-refractivity contribution in [2.45, 2.75) is 38.5 Å². The number of carboxylic acid groups (broad SMARTS) is 1. The molecule has 0 spiro atoms. The highest BCUT2D eigenvalue weighted by Crippen LogP contribution is 2.41. The third kappa shape index (κ3) is 3.37. The van der Waals surface area contributed by atoms with E-state index in [-0.39, 0.29) is 6.42 Å². The zero-order chi connectivity index (χ0) is 11.5. The van der Waals surface area contributed by atoms with Crippen molar-refractivity contribution < 1.29 is 27.8 Å². The minimum absolute atomic E-state index is 0.0676. The summed E-state index contributed by atoms with van der Waals surface area (Å²) in [6.45, 7) is -0.574. The maximum atomic E-state index is 11.7. The summed E-state index contributed by atoms with van der Waals surface area (Å²) in [4.78, 5) is 10.9. The summed E-state index contributed by atoms with van der Waals surface area (Å²) in [7, 11) is 0. The lowest BCUT2D eigenvalue weighted by atomic mass is 9.83. The van der Waals surface area contributed by atoms with E-state index in [0.717, 1.165) is 12.8 Å². The Morgan fingerprint density at radius 1 is 1.33 bits per heavy atom. The first-order valence-corrected chi connectivity index (χ1v) is 4.80. The van der Waals surface area contributed by atoms with Gasteiger partial charge in [0.2, 0.25) is 0 Å². The molecule has 0 aromatic heterocycles. The molecule has 0 aromatic rings. The lowest BCUT2D eigenvalue weighted by Crippen LogP contribution is -2.30. The van der Waals surface area contributed by atoms with Gasteiger partial charge in [0.1, 0.15) is 0 Å². The molecular formula is C9H13F3O3. The van der Waals surface area contributed by atoms with Crippen LogP contribution in [-0.4, -0.2) is 24.0 Å². The van der Waals surface area contributed by atoms with E-state index in [1.54, 1.807) is 0 Å². The number of carboxylic acids is 1. The van der Waals surface area contributed by atoms with Gasteiger partial charge >= 0.3 is 12.3 Å². The summed E-state index contributed by atoms with van der Waals surface area (Å²) in [5, 5.41) is 8.96. The van der Waals surface area contributed by atoms with E-state index in [4.69, 9.17) is 5.11 Å². The van der Waals surface area contributed by atoms with E-state index < -0.39 is 24.4 Å². The summed E-state index contributed by atoms with van der Waals surface area (Å²) < 4.78 is 38.7. The van der Waals surface area contributed by atoms with Crippen LogP contribution in [0.3, 0.4) is 0 Å². The molecule has 0 radical (unpaired) electrons. The summed E-state index contributed by atoms with van der Waals surface area (Å²) >= 11 is 0. The highest BCUT2D eigenvalue weighted by atomic mass is 19.4. The van der Waals surface area contributed by atoms with Gasteiger partial charge in [-0.15, -0.1) is 13.2 Å². The summed E-state index contributed by atoms with van der Waals surface area (Å²) in [5.74, 6) is -1.01. The van der Waals surface area contributed by atoms with Crippen molar-refractivity contribution in [2.24, 2.45) is 5.41 Å². The van der Waals surface area contributed by atoms with Crippen molar-refractivity contribution >= 4 is 5.97 Å². The second-order valence-electron chi connectivity index (χ2n) is 3.84. The number of hydrogen-bond acceptors (Lipinski definition) is 2. The Labute approximate surface area is 85.2 Å². The fourth-order valence-corrected chi connectivity index (χ4v) is 1.98. The van der Waals surface area contributed by atoms with Gasteiger partial charge < -0.3 is 5.11 Å². The van der Waals surface area contributed by atoms with Crippen LogP contribution < -0.4 is 0 Å². The molecule has 1 N–H and O–H groups in total. The summed E-state index contributed by atoms with van der Waals surface area (Å²) in [6, 6.07) is 0. The molecule has 1 rings (SSSR count). The molecule has 3 nitrogen and oxygen atoms in total. The van der Waals surface area contributed by atoms with Gasteiger partial charge in [-0.2, -0.15) is 0 Å². The molecule has 0 bridgehead atoms. The molecular weight excluding hydrogens is 213 g/mol. The summed E-state index contributed by atoms with van der Waals surface area (Å²) in [5.41, 5.74) is -0.995. The number of carbonyl (C=O) groups is 1. The molecule has 0 aliphatic heterocycles. The molecule has 1 aliphatic carbocycles. The van der Waals surface area contributed by atoms with Crippen LogP contribution in [0.25, 0.3) is 0 Å². The molecule has 0 amide bonds. The number of rotatable bonds is 4. The predicted octanol–water partition coefficient (Wildman–Crippen LogP) is 2.56. The van der Waals surface area contributed by atoms with Gasteiger partial charge in [-0.05, 0) is 19.3 Å². The average molecular weight is 226 g/mol. The molecule has 88 valence electrons. The third-order valence-electron chi connectivity index (χ3n) is 2.86. The topological polar surface area (TPSA) is 46.5 Å². The molecule has 1 saturated carbocycles. The Balaban J connectivity index is 2.43. The van der Waals surface area contributed by atoms with Crippen molar-refractivity contribution in [2.75, 3.05) is 6.61 Å². The monoisotopic (exact) mass is 226 g/mol. The van der Waals surface area contributed by atoms with Gasteiger partial charge in [0.05, 0.1) is 12.0 Å².